The number of nitrogen functional groups attached to an aromatic ring is 1. The summed E-state index contributed by atoms with van der Waals surface area (Å²) in [5.41, 5.74) is 8.53. The minimum Gasteiger partial charge on any atom is -0.424 e. The molecule has 1 aromatic heterocycles. The highest BCUT2D eigenvalue weighted by molar-refractivity contribution is 5.75. The Labute approximate surface area is 89.3 Å². The molecule has 0 unspecified atom stereocenters. The van der Waals surface area contributed by atoms with Crippen molar-refractivity contribution in [2.24, 2.45) is 0 Å². The van der Waals surface area contributed by atoms with Gasteiger partial charge < -0.3 is 10.2 Å². The van der Waals surface area contributed by atoms with Crippen LogP contribution in [0.15, 0.2) is 22.6 Å². The summed E-state index contributed by atoms with van der Waals surface area (Å²) in [4.78, 5) is 4.13. The number of oxazole rings is 1. The molecule has 0 aliphatic heterocycles. The molecule has 1 aromatic carbocycles. The van der Waals surface area contributed by atoms with Crippen LogP contribution < -0.4 is 5.73 Å². The van der Waals surface area contributed by atoms with Gasteiger partial charge in [-0.3, -0.25) is 0 Å². The normalized spacial score (nSPS) is 12.2. The Hall–Kier alpha value is -1.51. The molecule has 0 atom stereocenters. The maximum absolute atomic E-state index is 5.50. The van der Waals surface area contributed by atoms with Crippen molar-refractivity contribution >= 4 is 17.1 Å². The van der Waals surface area contributed by atoms with Crippen LogP contribution in [0.25, 0.3) is 11.1 Å². The van der Waals surface area contributed by atoms with Crippen molar-refractivity contribution in [3.63, 3.8) is 0 Å². The molecule has 3 heteroatoms. The van der Waals surface area contributed by atoms with Crippen LogP contribution in [0.4, 0.5) is 6.01 Å². The fraction of sp³-hybridized carbons (Fsp3) is 0.417. The number of benzene rings is 1. The Kier molecular flexibility index (Phi) is 2.18. The molecule has 0 spiro atoms. The second-order valence-electron chi connectivity index (χ2n) is 4.47. The average Bonchev–Trinajstić information content (AvgIpc) is 2.56. The first kappa shape index (κ1) is 10.0. The van der Waals surface area contributed by atoms with E-state index in [-0.39, 0.29) is 11.4 Å². The lowest BCUT2D eigenvalue weighted by Crippen LogP contribution is -2.14. The van der Waals surface area contributed by atoms with Gasteiger partial charge in [0, 0.05) is 0 Å². The van der Waals surface area contributed by atoms with Crippen molar-refractivity contribution in [2.75, 3.05) is 5.73 Å². The number of anilines is 1. The van der Waals surface area contributed by atoms with Crippen LogP contribution in [0.1, 0.15) is 32.8 Å². The minimum absolute atomic E-state index is 0.169. The molecule has 0 radical (unpaired) electrons. The van der Waals surface area contributed by atoms with Crippen LogP contribution in [-0.2, 0) is 5.41 Å². The summed E-state index contributed by atoms with van der Waals surface area (Å²) in [5, 5.41) is 0. The third-order valence-corrected chi connectivity index (χ3v) is 3.07. The Morgan fingerprint density at radius 3 is 2.80 bits per heavy atom. The summed E-state index contributed by atoms with van der Waals surface area (Å²) in [6, 6.07) is 6.30. The fourth-order valence-electron chi connectivity index (χ4n) is 1.57. The van der Waals surface area contributed by atoms with E-state index < -0.39 is 0 Å². The van der Waals surface area contributed by atoms with Crippen LogP contribution in [0, 0.1) is 0 Å². The molecule has 15 heavy (non-hydrogen) atoms. The van der Waals surface area contributed by atoms with Gasteiger partial charge in [0.25, 0.3) is 6.01 Å². The Bertz CT molecular complexity index is 485. The Morgan fingerprint density at radius 1 is 1.40 bits per heavy atom. The fourth-order valence-corrected chi connectivity index (χ4v) is 1.57. The van der Waals surface area contributed by atoms with Gasteiger partial charge in [-0.15, -0.1) is 0 Å². The highest BCUT2D eigenvalue weighted by atomic mass is 16.4. The van der Waals surface area contributed by atoms with Gasteiger partial charge in [0.05, 0.1) is 0 Å². The second kappa shape index (κ2) is 3.26. The van der Waals surface area contributed by atoms with E-state index in [9.17, 15) is 0 Å². The largest absolute Gasteiger partial charge is 0.424 e. The molecular weight excluding hydrogens is 188 g/mol. The third kappa shape index (κ3) is 1.69. The summed E-state index contributed by atoms with van der Waals surface area (Å²) in [7, 11) is 0. The number of aromatic nitrogens is 1. The zero-order valence-corrected chi connectivity index (χ0v) is 9.37. The highest BCUT2D eigenvalue weighted by Gasteiger charge is 2.18. The van der Waals surface area contributed by atoms with Crippen LogP contribution in [0.2, 0.25) is 0 Å². The number of hydrogen-bond donors (Lipinski definition) is 1. The SMILES string of the molecule is CCC(C)(C)c1ccc2oc(N)nc2c1. The summed E-state index contributed by atoms with van der Waals surface area (Å²) >= 11 is 0. The molecule has 0 aliphatic rings. The number of nitrogens with zero attached hydrogens (tertiary/aromatic N) is 1. The summed E-state index contributed by atoms with van der Waals surface area (Å²) in [5.74, 6) is 0. The van der Waals surface area contributed by atoms with Gasteiger partial charge in [0.1, 0.15) is 5.52 Å². The van der Waals surface area contributed by atoms with Crippen molar-refractivity contribution in [1.82, 2.24) is 4.98 Å². The lowest BCUT2D eigenvalue weighted by atomic mass is 9.82. The Balaban J connectivity index is 2.55. The van der Waals surface area contributed by atoms with E-state index in [1.165, 1.54) is 5.56 Å². The smallest absolute Gasteiger partial charge is 0.292 e. The van der Waals surface area contributed by atoms with Crippen molar-refractivity contribution in [2.45, 2.75) is 32.6 Å². The van der Waals surface area contributed by atoms with Gasteiger partial charge in [0.2, 0.25) is 0 Å². The molecular formula is C12H16N2O. The van der Waals surface area contributed by atoms with E-state index in [4.69, 9.17) is 10.2 Å². The number of rotatable bonds is 2. The van der Waals surface area contributed by atoms with E-state index in [1.54, 1.807) is 0 Å². The van der Waals surface area contributed by atoms with E-state index in [0.29, 0.717) is 0 Å². The predicted molar refractivity (Wildman–Crippen MR) is 61.7 cm³/mol. The zero-order chi connectivity index (χ0) is 11.1. The molecule has 0 aliphatic carbocycles. The van der Waals surface area contributed by atoms with Crippen LogP contribution in [-0.4, -0.2) is 4.98 Å². The van der Waals surface area contributed by atoms with Gasteiger partial charge in [-0.2, -0.15) is 4.98 Å². The molecule has 0 bridgehead atoms. The summed E-state index contributed by atoms with van der Waals surface area (Å²) in [6.07, 6.45) is 1.09. The molecule has 2 N–H and O–H groups in total. The summed E-state index contributed by atoms with van der Waals surface area (Å²) in [6.45, 7) is 6.62. The lowest BCUT2D eigenvalue weighted by molar-refractivity contribution is 0.506. The highest BCUT2D eigenvalue weighted by Crippen LogP contribution is 2.29. The quantitative estimate of drug-likeness (QED) is 0.817. The third-order valence-electron chi connectivity index (χ3n) is 3.07. The van der Waals surface area contributed by atoms with Gasteiger partial charge in [-0.05, 0) is 29.5 Å². The van der Waals surface area contributed by atoms with Gasteiger partial charge in [0.15, 0.2) is 5.58 Å². The maximum atomic E-state index is 5.50. The van der Waals surface area contributed by atoms with E-state index >= 15 is 0 Å². The van der Waals surface area contributed by atoms with Gasteiger partial charge >= 0.3 is 0 Å². The number of hydrogen-bond acceptors (Lipinski definition) is 3. The van der Waals surface area contributed by atoms with Crippen molar-refractivity contribution < 1.29 is 4.42 Å². The maximum Gasteiger partial charge on any atom is 0.292 e. The van der Waals surface area contributed by atoms with E-state index in [1.807, 2.05) is 6.07 Å². The van der Waals surface area contributed by atoms with Crippen molar-refractivity contribution in [1.29, 1.82) is 0 Å². The monoisotopic (exact) mass is 204 g/mol. The van der Waals surface area contributed by atoms with Crippen LogP contribution in [0.3, 0.4) is 0 Å². The van der Waals surface area contributed by atoms with Crippen LogP contribution >= 0.6 is 0 Å². The molecule has 2 aromatic rings. The molecule has 80 valence electrons. The summed E-state index contributed by atoms with van der Waals surface area (Å²) < 4.78 is 5.24. The first-order valence-corrected chi connectivity index (χ1v) is 5.19. The number of nitrogens with two attached hydrogens (primary N) is 1. The zero-order valence-electron chi connectivity index (χ0n) is 9.37. The molecule has 0 saturated heterocycles. The topological polar surface area (TPSA) is 52.0 Å². The van der Waals surface area contributed by atoms with Gasteiger partial charge in [-0.1, -0.05) is 26.8 Å². The Morgan fingerprint density at radius 2 is 2.13 bits per heavy atom. The minimum atomic E-state index is 0.169. The molecule has 2 rings (SSSR count). The average molecular weight is 204 g/mol. The van der Waals surface area contributed by atoms with Gasteiger partial charge in [-0.25, -0.2) is 0 Å². The number of fused-ring (bicyclic) bond motifs is 1. The molecule has 3 nitrogen and oxygen atoms in total. The van der Waals surface area contributed by atoms with E-state index in [2.05, 4.69) is 37.9 Å². The predicted octanol–water partition coefficient (Wildman–Crippen LogP) is 3.10. The molecule has 0 fully saturated rings. The molecule has 0 amide bonds. The first-order chi connectivity index (χ1) is 7.03. The van der Waals surface area contributed by atoms with Crippen molar-refractivity contribution in [3.05, 3.63) is 23.8 Å². The van der Waals surface area contributed by atoms with Crippen molar-refractivity contribution in [3.8, 4) is 0 Å². The molecule has 0 saturated carbocycles. The first-order valence-electron chi connectivity index (χ1n) is 5.19. The van der Waals surface area contributed by atoms with E-state index in [0.717, 1.165) is 17.5 Å². The van der Waals surface area contributed by atoms with Crippen LogP contribution in [0.5, 0.6) is 0 Å². The molecule has 1 heterocycles. The second-order valence-corrected chi connectivity index (χ2v) is 4.47. The standard InChI is InChI=1S/C12H16N2O/c1-4-12(2,3)8-5-6-10-9(7-8)14-11(13)15-10/h5-7H,4H2,1-3H3,(H2,13,14). The lowest BCUT2D eigenvalue weighted by Gasteiger charge is -2.22.